The molecule has 2 fully saturated rings. The van der Waals surface area contributed by atoms with Crippen LogP contribution >= 0.6 is 0 Å². The fourth-order valence-corrected chi connectivity index (χ4v) is 5.44. The Labute approximate surface area is 153 Å². The Balaban J connectivity index is 2.10. The van der Waals surface area contributed by atoms with Gasteiger partial charge in [-0.05, 0) is 47.0 Å². The van der Waals surface area contributed by atoms with Gasteiger partial charge in [-0.3, -0.25) is 0 Å². The Morgan fingerprint density at radius 1 is 1.20 bits per heavy atom. The molecule has 2 rings (SSSR count). The molecule has 0 aromatic rings. The van der Waals surface area contributed by atoms with Crippen molar-refractivity contribution in [2.75, 3.05) is 19.7 Å². The van der Waals surface area contributed by atoms with Crippen molar-refractivity contribution in [3.8, 4) is 0 Å². The van der Waals surface area contributed by atoms with Crippen LogP contribution in [-0.2, 0) is 4.74 Å². The lowest BCUT2D eigenvalue weighted by Gasteiger charge is -2.63. The smallest absolute Gasteiger partial charge is 0.404 e. The maximum Gasteiger partial charge on any atom is 0.404 e. The van der Waals surface area contributed by atoms with E-state index in [-0.39, 0.29) is 17.1 Å². The van der Waals surface area contributed by atoms with Gasteiger partial charge in [-0.1, -0.05) is 6.92 Å². The zero-order chi connectivity index (χ0) is 18.7. The fraction of sp³-hybridized carbons (Fsp3) is 0.950. The summed E-state index contributed by atoms with van der Waals surface area (Å²) >= 11 is 0. The molecule has 1 saturated heterocycles. The van der Waals surface area contributed by atoms with E-state index in [9.17, 15) is 4.79 Å². The summed E-state index contributed by atoms with van der Waals surface area (Å²) in [6.45, 7) is 14.7. The average molecular weight is 356 g/mol. The summed E-state index contributed by atoms with van der Waals surface area (Å²) in [5, 5.41) is 11.7. The zero-order valence-electron chi connectivity index (χ0n) is 16.9. The molecule has 2 aliphatic rings. The summed E-state index contributed by atoms with van der Waals surface area (Å²) in [5.74, 6) is 0. The number of hydrogen-bond donors (Lipinski definition) is 2. The molecule has 0 atom stereocenters. The molecule has 1 aliphatic carbocycles. The third kappa shape index (κ3) is 4.30. The molecule has 0 spiro atoms. The van der Waals surface area contributed by atoms with Gasteiger partial charge in [0.1, 0.15) is 0 Å². The van der Waals surface area contributed by atoms with E-state index >= 15 is 0 Å². The molecular formula is C20H39N2O3+. The van der Waals surface area contributed by atoms with Gasteiger partial charge in [-0.25, -0.2) is 4.79 Å². The first-order valence-corrected chi connectivity index (χ1v) is 10.1. The van der Waals surface area contributed by atoms with E-state index in [0.717, 1.165) is 56.3 Å². The normalized spacial score (nSPS) is 36.8. The molecule has 1 amide bonds. The van der Waals surface area contributed by atoms with E-state index in [4.69, 9.17) is 9.84 Å². The van der Waals surface area contributed by atoms with Crippen LogP contribution in [-0.4, -0.2) is 58.6 Å². The molecule has 0 radical (unpaired) electrons. The molecule has 0 aromatic heterocycles. The van der Waals surface area contributed by atoms with Crippen molar-refractivity contribution in [2.45, 2.75) is 103 Å². The summed E-state index contributed by atoms with van der Waals surface area (Å²) in [6.07, 6.45) is 7.23. The number of hydrogen-bond acceptors (Lipinski definition) is 2. The first-order valence-electron chi connectivity index (χ1n) is 10.1. The van der Waals surface area contributed by atoms with Crippen molar-refractivity contribution in [1.82, 2.24) is 5.32 Å². The van der Waals surface area contributed by atoms with Crippen LogP contribution < -0.4 is 5.32 Å². The number of likely N-dealkylation sites (tertiary alicyclic amines) is 1. The highest BCUT2D eigenvalue weighted by atomic mass is 16.5. The van der Waals surface area contributed by atoms with Gasteiger partial charge in [0.25, 0.3) is 0 Å². The first-order chi connectivity index (χ1) is 11.6. The summed E-state index contributed by atoms with van der Waals surface area (Å²) in [7, 11) is 0. The zero-order valence-corrected chi connectivity index (χ0v) is 16.9. The van der Waals surface area contributed by atoms with Gasteiger partial charge in [0, 0.05) is 38.3 Å². The largest absolute Gasteiger partial charge is 0.465 e. The quantitative estimate of drug-likeness (QED) is 0.728. The molecule has 1 heterocycles. The predicted molar refractivity (Wildman–Crippen MR) is 101 cm³/mol. The van der Waals surface area contributed by atoms with Crippen LogP contribution in [0.5, 0.6) is 0 Å². The lowest BCUT2D eigenvalue weighted by Crippen LogP contribution is -2.74. The molecule has 1 aliphatic heterocycles. The number of carbonyl (C=O) groups is 1. The van der Waals surface area contributed by atoms with Crippen LogP contribution in [0.1, 0.15) is 79.6 Å². The van der Waals surface area contributed by atoms with Crippen LogP contribution in [0, 0.1) is 0 Å². The summed E-state index contributed by atoms with van der Waals surface area (Å²) in [5.41, 5.74) is 0.429. The molecule has 25 heavy (non-hydrogen) atoms. The number of carboxylic acid groups (broad SMARTS) is 1. The SMILES string of the molecule is CCCOC1CCC(C)([N+]2(C(C)(C)C)CCC(NC(=O)O)CC2)CC1. The number of ether oxygens (including phenoxy) is 1. The molecule has 5 heteroatoms. The van der Waals surface area contributed by atoms with Gasteiger partial charge < -0.3 is 19.6 Å². The minimum atomic E-state index is -0.888. The topological polar surface area (TPSA) is 58.6 Å². The first kappa shape index (κ1) is 20.5. The van der Waals surface area contributed by atoms with Gasteiger partial charge in [-0.2, -0.15) is 0 Å². The molecular weight excluding hydrogens is 316 g/mol. The molecule has 0 aromatic carbocycles. The van der Waals surface area contributed by atoms with Crippen LogP contribution in [0.3, 0.4) is 0 Å². The summed E-state index contributed by atoms with van der Waals surface area (Å²) < 4.78 is 7.12. The van der Waals surface area contributed by atoms with E-state index in [1.165, 1.54) is 12.8 Å². The van der Waals surface area contributed by atoms with Gasteiger partial charge in [0.15, 0.2) is 0 Å². The highest BCUT2D eigenvalue weighted by Gasteiger charge is 2.56. The lowest BCUT2D eigenvalue weighted by atomic mass is 9.73. The summed E-state index contributed by atoms with van der Waals surface area (Å²) in [4.78, 5) is 11.0. The van der Waals surface area contributed by atoms with Crippen molar-refractivity contribution in [2.24, 2.45) is 0 Å². The Bertz CT molecular complexity index is 442. The highest BCUT2D eigenvalue weighted by molar-refractivity contribution is 5.64. The Kier molecular flexibility index (Phi) is 6.42. The van der Waals surface area contributed by atoms with Crippen molar-refractivity contribution in [3.05, 3.63) is 0 Å². The standard InChI is InChI=1S/C20H38N2O3/c1-6-15-25-17-7-11-20(5,12-8-17)22(19(2,3)4)13-9-16(10-14-22)21-18(23)24/h16-17,21H,6-15H2,1-5H3/p+1. The number of nitrogens with zero attached hydrogens (tertiary/aromatic N) is 1. The number of amides is 1. The monoisotopic (exact) mass is 355 g/mol. The van der Waals surface area contributed by atoms with Crippen LogP contribution in [0.15, 0.2) is 0 Å². The second-order valence-electron chi connectivity index (χ2n) is 9.38. The van der Waals surface area contributed by atoms with Crippen LogP contribution in [0.25, 0.3) is 0 Å². The van der Waals surface area contributed by atoms with E-state index in [0.29, 0.717) is 6.10 Å². The van der Waals surface area contributed by atoms with Gasteiger partial charge in [0.05, 0.1) is 30.3 Å². The minimum Gasteiger partial charge on any atom is -0.465 e. The number of piperidine rings is 1. The Morgan fingerprint density at radius 3 is 2.20 bits per heavy atom. The van der Waals surface area contributed by atoms with Gasteiger partial charge in [0.2, 0.25) is 0 Å². The van der Waals surface area contributed by atoms with Gasteiger partial charge >= 0.3 is 6.09 Å². The average Bonchev–Trinajstić information content (AvgIpc) is 2.53. The maximum atomic E-state index is 11.0. The second kappa shape index (κ2) is 7.83. The fourth-order valence-electron chi connectivity index (χ4n) is 5.44. The molecule has 1 saturated carbocycles. The summed E-state index contributed by atoms with van der Waals surface area (Å²) in [6, 6.07) is 0.110. The third-order valence-electron chi connectivity index (χ3n) is 6.93. The molecule has 0 bridgehead atoms. The number of quaternary nitrogens is 1. The molecule has 0 unspecified atom stereocenters. The number of nitrogens with one attached hydrogen (secondary N) is 1. The van der Waals surface area contributed by atoms with E-state index in [2.05, 4.69) is 39.9 Å². The highest BCUT2D eigenvalue weighted by Crippen LogP contribution is 2.47. The second-order valence-corrected chi connectivity index (χ2v) is 9.38. The molecule has 5 nitrogen and oxygen atoms in total. The van der Waals surface area contributed by atoms with Gasteiger partial charge in [-0.15, -0.1) is 0 Å². The predicted octanol–water partition coefficient (Wildman–Crippen LogP) is 4.16. The van der Waals surface area contributed by atoms with Crippen molar-refractivity contribution in [1.29, 1.82) is 0 Å². The number of rotatable bonds is 5. The Hall–Kier alpha value is -0.810. The van der Waals surface area contributed by atoms with E-state index in [1.807, 2.05) is 0 Å². The maximum absolute atomic E-state index is 11.0. The van der Waals surface area contributed by atoms with E-state index < -0.39 is 6.09 Å². The minimum absolute atomic E-state index is 0.110. The third-order valence-corrected chi connectivity index (χ3v) is 6.93. The van der Waals surface area contributed by atoms with Crippen molar-refractivity contribution >= 4 is 6.09 Å². The molecule has 2 N–H and O–H groups in total. The van der Waals surface area contributed by atoms with Crippen molar-refractivity contribution in [3.63, 3.8) is 0 Å². The van der Waals surface area contributed by atoms with Crippen LogP contribution in [0.4, 0.5) is 4.79 Å². The van der Waals surface area contributed by atoms with Crippen LogP contribution in [0.2, 0.25) is 0 Å². The van der Waals surface area contributed by atoms with Crippen molar-refractivity contribution < 1.29 is 19.1 Å². The Morgan fingerprint density at radius 2 is 1.76 bits per heavy atom. The lowest BCUT2D eigenvalue weighted by molar-refractivity contribution is -1.02. The molecule has 146 valence electrons. The van der Waals surface area contributed by atoms with E-state index in [1.54, 1.807) is 0 Å².